The summed E-state index contributed by atoms with van der Waals surface area (Å²) in [7, 11) is 0. The predicted molar refractivity (Wildman–Crippen MR) is 97.1 cm³/mol. The Morgan fingerprint density at radius 2 is 2.29 bits per heavy atom. The molecule has 1 amide bonds. The van der Waals surface area contributed by atoms with Gasteiger partial charge < -0.3 is 14.8 Å². The van der Waals surface area contributed by atoms with Crippen LogP contribution in [0, 0.1) is 6.92 Å². The second kappa shape index (κ2) is 9.05. The van der Waals surface area contributed by atoms with E-state index in [1.54, 1.807) is 19.1 Å². The lowest BCUT2D eigenvalue weighted by molar-refractivity contribution is -0.127. The van der Waals surface area contributed by atoms with Crippen LogP contribution < -0.4 is 20.9 Å². The highest BCUT2D eigenvalue weighted by molar-refractivity contribution is 7.80. The monoisotopic (exact) mass is 371 g/mol. The summed E-state index contributed by atoms with van der Waals surface area (Å²) in [6.07, 6.45) is 1.54. The van der Waals surface area contributed by atoms with E-state index in [0.717, 1.165) is 25.0 Å². The first kappa shape index (κ1) is 18.8. The van der Waals surface area contributed by atoms with Crippen molar-refractivity contribution in [3.05, 3.63) is 28.8 Å². The van der Waals surface area contributed by atoms with E-state index < -0.39 is 6.10 Å². The number of rotatable bonds is 5. The van der Waals surface area contributed by atoms with Crippen LogP contribution in [-0.2, 0) is 9.53 Å². The SMILES string of the molecule is Cc1ccc(Cl)c(O[C@@H](C)C(=O)NNC(=S)NC[C@H]2CCCO2)c1. The Kier molecular flexibility index (Phi) is 7.08. The molecule has 1 aliphatic heterocycles. The third-order valence-corrected chi connectivity index (χ3v) is 4.13. The number of hydrogen-bond acceptors (Lipinski definition) is 4. The molecule has 8 heteroatoms. The number of aryl methyl sites for hydroxylation is 1. The lowest BCUT2D eigenvalue weighted by Crippen LogP contribution is -2.51. The molecule has 0 aromatic heterocycles. The van der Waals surface area contributed by atoms with Crippen molar-refractivity contribution in [1.82, 2.24) is 16.2 Å². The molecule has 6 nitrogen and oxygen atoms in total. The zero-order valence-corrected chi connectivity index (χ0v) is 15.3. The van der Waals surface area contributed by atoms with Crippen molar-refractivity contribution >= 4 is 34.8 Å². The second-order valence-electron chi connectivity index (χ2n) is 5.65. The molecule has 1 heterocycles. The first-order valence-corrected chi connectivity index (χ1v) is 8.62. The number of amides is 1. The minimum Gasteiger partial charge on any atom is -0.479 e. The number of nitrogens with one attached hydrogen (secondary N) is 3. The van der Waals surface area contributed by atoms with Crippen LogP contribution in [0.25, 0.3) is 0 Å². The number of carbonyl (C=O) groups excluding carboxylic acids is 1. The third kappa shape index (κ3) is 5.81. The summed E-state index contributed by atoms with van der Waals surface area (Å²) in [5.41, 5.74) is 6.16. The molecule has 0 spiro atoms. The van der Waals surface area contributed by atoms with Crippen molar-refractivity contribution in [2.45, 2.75) is 38.9 Å². The molecule has 1 fully saturated rings. The van der Waals surface area contributed by atoms with E-state index in [-0.39, 0.29) is 12.0 Å². The quantitative estimate of drug-likeness (QED) is 0.544. The van der Waals surface area contributed by atoms with Gasteiger partial charge in [-0.3, -0.25) is 15.6 Å². The molecule has 0 unspecified atom stereocenters. The van der Waals surface area contributed by atoms with E-state index in [0.29, 0.717) is 22.4 Å². The Labute approximate surface area is 152 Å². The molecule has 24 heavy (non-hydrogen) atoms. The molecular weight excluding hydrogens is 350 g/mol. The van der Waals surface area contributed by atoms with Crippen molar-refractivity contribution in [3.8, 4) is 5.75 Å². The summed E-state index contributed by atoms with van der Waals surface area (Å²) >= 11 is 11.2. The molecular formula is C16H22ClN3O3S. The summed E-state index contributed by atoms with van der Waals surface area (Å²) in [5, 5.41) is 3.80. The fourth-order valence-corrected chi connectivity index (χ4v) is 2.52. The summed E-state index contributed by atoms with van der Waals surface area (Å²) in [4.78, 5) is 12.1. The second-order valence-corrected chi connectivity index (χ2v) is 6.47. The topological polar surface area (TPSA) is 71.6 Å². The number of ether oxygens (including phenoxy) is 2. The van der Waals surface area contributed by atoms with Gasteiger partial charge in [-0.05, 0) is 56.6 Å². The van der Waals surface area contributed by atoms with Gasteiger partial charge in [-0.25, -0.2) is 0 Å². The van der Waals surface area contributed by atoms with Gasteiger partial charge in [-0.1, -0.05) is 17.7 Å². The van der Waals surface area contributed by atoms with E-state index in [1.807, 2.05) is 13.0 Å². The maximum atomic E-state index is 12.1. The number of hydrogen-bond donors (Lipinski definition) is 3. The van der Waals surface area contributed by atoms with Crippen molar-refractivity contribution in [3.63, 3.8) is 0 Å². The summed E-state index contributed by atoms with van der Waals surface area (Å²) < 4.78 is 11.1. The van der Waals surface area contributed by atoms with Crippen LogP contribution in [-0.4, -0.2) is 36.4 Å². The van der Waals surface area contributed by atoms with Gasteiger partial charge in [0.1, 0.15) is 5.75 Å². The minimum absolute atomic E-state index is 0.172. The Bertz CT molecular complexity index is 594. The lowest BCUT2D eigenvalue weighted by Gasteiger charge is -2.18. The van der Waals surface area contributed by atoms with Gasteiger partial charge in [-0.2, -0.15) is 0 Å². The van der Waals surface area contributed by atoms with Crippen LogP contribution in [0.15, 0.2) is 18.2 Å². The van der Waals surface area contributed by atoms with E-state index in [1.165, 1.54) is 0 Å². The van der Waals surface area contributed by atoms with Gasteiger partial charge in [0, 0.05) is 13.2 Å². The van der Waals surface area contributed by atoms with Crippen LogP contribution >= 0.6 is 23.8 Å². The van der Waals surface area contributed by atoms with E-state index in [2.05, 4.69) is 16.2 Å². The van der Waals surface area contributed by atoms with Crippen LogP contribution in [0.5, 0.6) is 5.75 Å². The van der Waals surface area contributed by atoms with Crippen molar-refractivity contribution in [1.29, 1.82) is 0 Å². The molecule has 2 atom stereocenters. The Hall–Kier alpha value is -1.57. The standard InChI is InChI=1S/C16H22ClN3O3S/c1-10-5-6-13(17)14(8-10)23-11(2)15(21)19-20-16(24)18-9-12-4-3-7-22-12/h5-6,8,11-12H,3-4,7,9H2,1-2H3,(H,19,21)(H2,18,20,24)/t11-,12+/m0/s1. The van der Waals surface area contributed by atoms with Gasteiger partial charge in [-0.15, -0.1) is 0 Å². The highest BCUT2D eigenvalue weighted by atomic mass is 35.5. The molecule has 2 rings (SSSR count). The molecule has 1 aliphatic rings. The van der Waals surface area contributed by atoms with Gasteiger partial charge in [0.2, 0.25) is 0 Å². The zero-order chi connectivity index (χ0) is 17.5. The van der Waals surface area contributed by atoms with Crippen LogP contribution in [0.3, 0.4) is 0 Å². The molecule has 0 saturated carbocycles. The van der Waals surface area contributed by atoms with Gasteiger partial charge in [0.05, 0.1) is 11.1 Å². The third-order valence-electron chi connectivity index (χ3n) is 3.57. The molecule has 1 aromatic rings. The van der Waals surface area contributed by atoms with Gasteiger partial charge in [0.15, 0.2) is 11.2 Å². The van der Waals surface area contributed by atoms with E-state index >= 15 is 0 Å². The Morgan fingerprint density at radius 1 is 1.50 bits per heavy atom. The number of benzene rings is 1. The summed E-state index contributed by atoms with van der Waals surface area (Å²) in [6, 6.07) is 5.40. The maximum absolute atomic E-state index is 12.1. The minimum atomic E-state index is -0.724. The Balaban J connectivity index is 1.72. The lowest BCUT2D eigenvalue weighted by atomic mass is 10.2. The molecule has 0 aliphatic carbocycles. The fraction of sp³-hybridized carbons (Fsp3) is 0.500. The summed E-state index contributed by atoms with van der Waals surface area (Å²) in [5.74, 6) is 0.118. The van der Waals surface area contributed by atoms with Gasteiger partial charge in [0.25, 0.3) is 5.91 Å². The number of thiocarbonyl (C=S) groups is 1. The van der Waals surface area contributed by atoms with Crippen LogP contribution in [0.2, 0.25) is 5.02 Å². The average Bonchev–Trinajstić information content (AvgIpc) is 3.07. The normalized spacial score (nSPS) is 17.9. The number of halogens is 1. The highest BCUT2D eigenvalue weighted by Crippen LogP contribution is 2.26. The predicted octanol–water partition coefficient (Wildman–Crippen LogP) is 2.09. The smallest absolute Gasteiger partial charge is 0.279 e. The van der Waals surface area contributed by atoms with Crippen molar-refractivity contribution in [2.75, 3.05) is 13.2 Å². The largest absolute Gasteiger partial charge is 0.479 e. The molecule has 0 radical (unpaired) electrons. The maximum Gasteiger partial charge on any atom is 0.279 e. The van der Waals surface area contributed by atoms with E-state index in [4.69, 9.17) is 33.3 Å². The average molecular weight is 372 g/mol. The fourth-order valence-electron chi connectivity index (χ4n) is 2.22. The zero-order valence-electron chi connectivity index (χ0n) is 13.7. The van der Waals surface area contributed by atoms with Crippen LogP contribution in [0.4, 0.5) is 0 Å². The van der Waals surface area contributed by atoms with Gasteiger partial charge >= 0.3 is 0 Å². The molecule has 132 valence electrons. The van der Waals surface area contributed by atoms with E-state index in [9.17, 15) is 4.79 Å². The summed E-state index contributed by atoms with van der Waals surface area (Å²) in [6.45, 7) is 4.97. The van der Waals surface area contributed by atoms with Crippen molar-refractivity contribution in [2.24, 2.45) is 0 Å². The molecule has 1 saturated heterocycles. The highest BCUT2D eigenvalue weighted by Gasteiger charge is 2.17. The Morgan fingerprint density at radius 3 is 3.00 bits per heavy atom. The molecule has 3 N–H and O–H groups in total. The first-order chi connectivity index (χ1) is 11.5. The molecule has 1 aromatic carbocycles. The number of carbonyl (C=O) groups is 1. The van der Waals surface area contributed by atoms with Crippen molar-refractivity contribution < 1.29 is 14.3 Å². The van der Waals surface area contributed by atoms with Crippen LogP contribution in [0.1, 0.15) is 25.3 Å². The number of hydrazine groups is 1. The molecule has 0 bridgehead atoms. The first-order valence-electron chi connectivity index (χ1n) is 7.84.